The number of rotatable bonds is 5. The molecule has 4 rings (SSSR count). The summed E-state index contributed by atoms with van der Waals surface area (Å²) in [6, 6.07) is 8.70. The second kappa shape index (κ2) is 7.55. The van der Waals surface area contributed by atoms with Crippen molar-refractivity contribution < 1.29 is 22.8 Å². The summed E-state index contributed by atoms with van der Waals surface area (Å²) in [5.74, 6) is -0.790. The van der Waals surface area contributed by atoms with Gasteiger partial charge in [-0.25, -0.2) is 0 Å². The minimum atomic E-state index is -4.79. The summed E-state index contributed by atoms with van der Waals surface area (Å²) in [6.07, 6.45) is 0.780. The van der Waals surface area contributed by atoms with Gasteiger partial charge in [-0.05, 0) is 33.7 Å². The van der Waals surface area contributed by atoms with Crippen LogP contribution >= 0.6 is 0 Å². The number of pyridine rings is 1. The fourth-order valence-electron chi connectivity index (χ4n) is 2.95. The molecule has 0 N–H and O–H groups in total. The molecule has 12 heteroatoms. The first-order valence-corrected chi connectivity index (χ1v) is 8.73. The first-order chi connectivity index (χ1) is 14.7. The molecule has 3 heterocycles. The fourth-order valence-corrected chi connectivity index (χ4v) is 2.95. The molecule has 1 aromatic carbocycles. The third-order valence-corrected chi connectivity index (χ3v) is 4.31. The summed E-state index contributed by atoms with van der Waals surface area (Å²) in [6.45, 7) is 0.125. The standard InChI is InChI=1S/C19H12F3N5O4/c20-19(21,22)31-14-3-1-2-13(8-14)15-5-4-12(9-23-15)10-26-7-6-25-11-16(27(29)30)24-17(25)18(26)28/h1-9,11H,10H2. The Bertz CT molecular complexity index is 1330. The average molecular weight is 431 g/mol. The molecule has 0 atom stereocenters. The number of benzene rings is 1. The van der Waals surface area contributed by atoms with Crippen molar-refractivity contribution in [2.75, 3.05) is 0 Å². The maximum absolute atomic E-state index is 12.5. The first-order valence-electron chi connectivity index (χ1n) is 8.73. The molecule has 0 saturated carbocycles. The Balaban J connectivity index is 1.57. The van der Waals surface area contributed by atoms with Gasteiger partial charge in [0.05, 0.1) is 12.2 Å². The lowest BCUT2D eigenvalue weighted by Crippen LogP contribution is -2.22. The lowest BCUT2D eigenvalue weighted by atomic mass is 10.1. The molecule has 4 aromatic rings. The maximum Gasteiger partial charge on any atom is 0.573 e. The number of hydrogen-bond donors (Lipinski definition) is 0. The van der Waals surface area contributed by atoms with Crippen molar-refractivity contribution in [2.24, 2.45) is 0 Å². The molecule has 0 aliphatic rings. The molecule has 0 spiro atoms. The third kappa shape index (κ3) is 4.37. The van der Waals surface area contributed by atoms with E-state index in [2.05, 4.69) is 14.7 Å². The van der Waals surface area contributed by atoms with Gasteiger partial charge >= 0.3 is 23.4 Å². The molecule has 3 aromatic heterocycles. The molecule has 0 amide bonds. The topological polar surface area (TPSA) is 105 Å². The molecule has 0 aliphatic heterocycles. The number of imidazole rings is 1. The molecule has 0 radical (unpaired) electrons. The van der Waals surface area contributed by atoms with Crippen LogP contribution in [0.15, 0.2) is 66.0 Å². The van der Waals surface area contributed by atoms with Crippen LogP contribution in [0, 0.1) is 10.1 Å². The second-order valence-electron chi connectivity index (χ2n) is 6.45. The molecule has 158 valence electrons. The monoisotopic (exact) mass is 431 g/mol. The van der Waals surface area contributed by atoms with Crippen LogP contribution in [0.25, 0.3) is 16.9 Å². The van der Waals surface area contributed by atoms with Gasteiger partial charge < -0.3 is 19.4 Å². The van der Waals surface area contributed by atoms with Crippen molar-refractivity contribution in [3.05, 3.63) is 87.2 Å². The van der Waals surface area contributed by atoms with Gasteiger partial charge in [0, 0.05) is 24.2 Å². The fraction of sp³-hybridized carbons (Fsp3) is 0.105. The third-order valence-electron chi connectivity index (χ3n) is 4.31. The van der Waals surface area contributed by atoms with Crippen LogP contribution in [0.3, 0.4) is 0 Å². The van der Waals surface area contributed by atoms with Gasteiger partial charge in [0.2, 0.25) is 0 Å². The van der Waals surface area contributed by atoms with E-state index in [0.29, 0.717) is 16.8 Å². The van der Waals surface area contributed by atoms with E-state index >= 15 is 0 Å². The number of fused-ring (bicyclic) bond motifs is 1. The van der Waals surface area contributed by atoms with Gasteiger partial charge in [0.1, 0.15) is 11.9 Å². The van der Waals surface area contributed by atoms with Gasteiger partial charge in [-0.15, -0.1) is 13.2 Å². The molecule has 0 unspecified atom stereocenters. The lowest BCUT2D eigenvalue weighted by Gasteiger charge is -2.10. The minimum absolute atomic E-state index is 0.0831. The number of nitrogens with zero attached hydrogens (tertiary/aromatic N) is 5. The van der Waals surface area contributed by atoms with E-state index in [4.69, 9.17) is 0 Å². The van der Waals surface area contributed by atoms with Crippen molar-refractivity contribution in [3.8, 4) is 17.0 Å². The Morgan fingerprint density at radius 2 is 1.97 bits per heavy atom. The van der Waals surface area contributed by atoms with Crippen molar-refractivity contribution >= 4 is 11.5 Å². The molecule has 0 saturated heterocycles. The highest BCUT2D eigenvalue weighted by Crippen LogP contribution is 2.27. The Morgan fingerprint density at radius 1 is 1.16 bits per heavy atom. The van der Waals surface area contributed by atoms with Crippen molar-refractivity contribution in [3.63, 3.8) is 0 Å². The van der Waals surface area contributed by atoms with Crippen molar-refractivity contribution in [1.29, 1.82) is 0 Å². The molecule has 9 nitrogen and oxygen atoms in total. The van der Waals surface area contributed by atoms with Crippen LogP contribution in [0.1, 0.15) is 5.56 Å². The van der Waals surface area contributed by atoms with E-state index < -0.39 is 22.7 Å². The van der Waals surface area contributed by atoms with E-state index in [-0.39, 0.29) is 17.9 Å². The summed E-state index contributed by atoms with van der Waals surface area (Å²) in [5.41, 5.74) is 0.885. The van der Waals surface area contributed by atoms with E-state index in [9.17, 15) is 28.1 Å². The normalized spacial score (nSPS) is 11.6. The predicted molar refractivity (Wildman–Crippen MR) is 102 cm³/mol. The van der Waals surface area contributed by atoms with Gasteiger partial charge in [0.25, 0.3) is 0 Å². The van der Waals surface area contributed by atoms with E-state index in [1.165, 1.54) is 45.8 Å². The summed E-state index contributed by atoms with van der Waals surface area (Å²) in [7, 11) is 0. The highest BCUT2D eigenvalue weighted by Gasteiger charge is 2.31. The largest absolute Gasteiger partial charge is 0.573 e. The zero-order valence-electron chi connectivity index (χ0n) is 15.5. The Hall–Kier alpha value is -4.22. The van der Waals surface area contributed by atoms with Crippen LogP contribution in [0.2, 0.25) is 0 Å². The zero-order chi connectivity index (χ0) is 22.2. The Morgan fingerprint density at radius 3 is 2.65 bits per heavy atom. The number of nitro groups is 1. The molecular formula is C19H12F3N5O4. The van der Waals surface area contributed by atoms with Crippen molar-refractivity contribution in [2.45, 2.75) is 12.9 Å². The Kier molecular flexibility index (Phi) is 4.89. The van der Waals surface area contributed by atoms with Crippen LogP contribution in [0.5, 0.6) is 5.75 Å². The smallest absolute Gasteiger partial charge is 0.406 e. The highest BCUT2D eigenvalue weighted by atomic mass is 19.4. The van der Waals surface area contributed by atoms with Crippen LogP contribution in [-0.4, -0.2) is 30.2 Å². The summed E-state index contributed by atoms with van der Waals surface area (Å²) in [5, 5.41) is 10.8. The molecule has 31 heavy (non-hydrogen) atoms. The van der Waals surface area contributed by atoms with Crippen LogP contribution < -0.4 is 10.3 Å². The van der Waals surface area contributed by atoms with Crippen LogP contribution in [0.4, 0.5) is 19.0 Å². The van der Waals surface area contributed by atoms with Gasteiger partial charge in [-0.2, -0.15) is 0 Å². The predicted octanol–water partition coefficient (Wildman–Crippen LogP) is 3.41. The van der Waals surface area contributed by atoms with E-state index in [1.807, 2.05) is 0 Å². The summed E-state index contributed by atoms with van der Waals surface area (Å²) in [4.78, 5) is 30.7. The highest BCUT2D eigenvalue weighted by molar-refractivity contribution is 5.61. The van der Waals surface area contributed by atoms with Gasteiger partial charge in [-0.3, -0.25) is 14.2 Å². The molecule has 0 bridgehead atoms. The van der Waals surface area contributed by atoms with E-state index in [1.54, 1.807) is 18.2 Å². The van der Waals surface area contributed by atoms with Crippen molar-refractivity contribution in [1.82, 2.24) is 18.9 Å². The summed E-state index contributed by atoms with van der Waals surface area (Å²) >= 11 is 0. The zero-order valence-corrected chi connectivity index (χ0v) is 15.5. The lowest BCUT2D eigenvalue weighted by molar-refractivity contribution is -0.389. The van der Waals surface area contributed by atoms with E-state index in [0.717, 1.165) is 6.20 Å². The number of hydrogen-bond acceptors (Lipinski definition) is 6. The Labute approximate surface area is 171 Å². The molecular weight excluding hydrogens is 419 g/mol. The number of halogens is 3. The summed E-state index contributed by atoms with van der Waals surface area (Å²) < 4.78 is 43.7. The number of alkyl halides is 3. The minimum Gasteiger partial charge on any atom is -0.406 e. The average Bonchev–Trinajstić information content (AvgIpc) is 3.15. The maximum atomic E-state index is 12.5. The van der Waals surface area contributed by atoms with Gasteiger partial charge in [-0.1, -0.05) is 18.2 Å². The number of ether oxygens (including phenoxy) is 1. The second-order valence-corrected chi connectivity index (χ2v) is 6.45. The molecule has 0 fully saturated rings. The quantitative estimate of drug-likeness (QED) is 0.354. The van der Waals surface area contributed by atoms with Gasteiger partial charge in [0.15, 0.2) is 0 Å². The SMILES string of the molecule is O=c1c2nc([N+](=O)[O-])cn2ccn1Cc1ccc(-c2cccc(OC(F)(F)F)c2)nc1. The molecule has 0 aliphatic carbocycles. The van der Waals surface area contributed by atoms with Crippen LogP contribution in [-0.2, 0) is 6.54 Å². The first kappa shape index (κ1) is 20.1. The number of aromatic nitrogens is 4.